The maximum Gasteiger partial charge on any atom is 0.150 e. The smallest absolute Gasteiger partial charge is 0.150 e. The summed E-state index contributed by atoms with van der Waals surface area (Å²) in [5, 5.41) is 15.8. The molecule has 0 amide bonds. The van der Waals surface area contributed by atoms with Gasteiger partial charge in [-0.05, 0) is 19.8 Å². The van der Waals surface area contributed by atoms with Gasteiger partial charge in [0.15, 0.2) is 0 Å². The van der Waals surface area contributed by atoms with Crippen molar-refractivity contribution in [3.63, 3.8) is 0 Å². The molecule has 3 heterocycles. The molecule has 0 unspecified atom stereocenters. The van der Waals surface area contributed by atoms with Gasteiger partial charge in [-0.1, -0.05) is 0 Å². The number of nitrogens with zero attached hydrogens (tertiary/aromatic N) is 4. The lowest BCUT2D eigenvalue weighted by atomic mass is 10.2. The van der Waals surface area contributed by atoms with Crippen LogP contribution in [-0.4, -0.2) is 59.0 Å². The number of aromatic nitrogens is 3. The van der Waals surface area contributed by atoms with Crippen LogP contribution in [0, 0.1) is 0 Å². The van der Waals surface area contributed by atoms with Gasteiger partial charge in [0.25, 0.3) is 0 Å². The zero-order valence-electron chi connectivity index (χ0n) is 15.6. The van der Waals surface area contributed by atoms with E-state index in [4.69, 9.17) is 4.74 Å². The molecule has 27 heavy (non-hydrogen) atoms. The maximum absolute atomic E-state index is 9.34. The number of pyridine rings is 1. The molecule has 1 aliphatic heterocycles. The summed E-state index contributed by atoms with van der Waals surface area (Å²) in [6.07, 6.45) is 6.03. The van der Waals surface area contributed by atoms with Crippen molar-refractivity contribution in [2.75, 3.05) is 48.4 Å². The van der Waals surface area contributed by atoms with Gasteiger partial charge in [0.05, 0.1) is 37.9 Å². The van der Waals surface area contributed by atoms with E-state index in [2.05, 4.69) is 30.5 Å². The number of ether oxygens (including phenoxy) is 1. The fourth-order valence-electron chi connectivity index (χ4n) is 3.08. The predicted molar refractivity (Wildman–Crippen MR) is 105 cm³/mol. The molecule has 1 saturated heterocycles. The summed E-state index contributed by atoms with van der Waals surface area (Å²) in [6, 6.07) is 3.93. The second-order valence-electron chi connectivity index (χ2n) is 7.15. The highest BCUT2D eigenvalue weighted by molar-refractivity contribution is 5.65. The van der Waals surface area contributed by atoms with E-state index in [1.54, 1.807) is 6.20 Å². The molecule has 2 aromatic rings. The number of morpholine rings is 1. The Kier molecular flexibility index (Phi) is 5.35. The van der Waals surface area contributed by atoms with E-state index >= 15 is 0 Å². The molecular weight excluding hydrogens is 344 g/mol. The first-order chi connectivity index (χ1) is 13.2. The second kappa shape index (κ2) is 8.06. The van der Waals surface area contributed by atoms with Crippen molar-refractivity contribution < 1.29 is 9.84 Å². The molecule has 1 atom stereocenters. The molecule has 2 fully saturated rings. The van der Waals surface area contributed by atoms with E-state index < -0.39 is 0 Å². The lowest BCUT2D eigenvalue weighted by molar-refractivity contribution is 0.122. The Hall–Kier alpha value is -2.45. The van der Waals surface area contributed by atoms with Crippen LogP contribution < -0.4 is 15.5 Å². The Bertz CT molecular complexity index is 759. The van der Waals surface area contributed by atoms with Crippen LogP contribution in [0.4, 0.5) is 23.1 Å². The molecule has 3 N–H and O–H groups in total. The number of nitrogens with one attached hydrogen (secondary N) is 2. The summed E-state index contributed by atoms with van der Waals surface area (Å²) >= 11 is 0. The molecule has 0 spiro atoms. The molecule has 144 valence electrons. The molecule has 1 aliphatic carbocycles. The summed E-state index contributed by atoms with van der Waals surface area (Å²) < 4.78 is 5.45. The lowest BCUT2D eigenvalue weighted by Gasteiger charge is -2.29. The van der Waals surface area contributed by atoms with Gasteiger partial charge in [0.2, 0.25) is 0 Å². The average molecular weight is 370 g/mol. The minimum absolute atomic E-state index is 0.0420. The highest BCUT2D eigenvalue weighted by atomic mass is 16.5. The quantitative estimate of drug-likeness (QED) is 0.682. The van der Waals surface area contributed by atoms with Crippen LogP contribution in [0.5, 0.6) is 0 Å². The highest BCUT2D eigenvalue weighted by Crippen LogP contribution is 2.38. The van der Waals surface area contributed by atoms with Gasteiger partial charge < -0.3 is 25.4 Å². The number of hydrogen-bond acceptors (Lipinski definition) is 8. The summed E-state index contributed by atoms with van der Waals surface area (Å²) in [5.74, 6) is 2.67. The van der Waals surface area contributed by atoms with Crippen LogP contribution in [0.3, 0.4) is 0 Å². The van der Waals surface area contributed by atoms with E-state index in [-0.39, 0.29) is 12.6 Å². The molecule has 2 aliphatic rings. The van der Waals surface area contributed by atoms with E-state index in [1.807, 2.05) is 25.3 Å². The maximum atomic E-state index is 9.34. The topological polar surface area (TPSA) is 95.4 Å². The Morgan fingerprint density at radius 3 is 2.59 bits per heavy atom. The van der Waals surface area contributed by atoms with Crippen LogP contribution in [0.2, 0.25) is 0 Å². The van der Waals surface area contributed by atoms with Crippen LogP contribution in [0.1, 0.15) is 31.4 Å². The van der Waals surface area contributed by atoms with Crippen molar-refractivity contribution >= 4 is 23.1 Å². The van der Waals surface area contributed by atoms with E-state index in [0.717, 1.165) is 37.7 Å². The summed E-state index contributed by atoms with van der Waals surface area (Å²) in [4.78, 5) is 15.9. The van der Waals surface area contributed by atoms with Crippen LogP contribution >= 0.6 is 0 Å². The fraction of sp³-hybridized carbons (Fsp3) is 0.526. The molecule has 4 rings (SSSR count). The number of rotatable bonds is 7. The summed E-state index contributed by atoms with van der Waals surface area (Å²) in [5.41, 5.74) is 2.13. The Morgan fingerprint density at radius 1 is 1.15 bits per heavy atom. The van der Waals surface area contributed by atoms with Crippen molar-refractivity contribution in [3.8, 4) is 0 Å². The number of hydrogen-bond donors (Lipinski definition) is 3. The Morgan fingerprint density at radius 2 is 1.93 bits per heavy atom. The van der Waals surface area contributed by atoms with Gasteiger partial charge in [0.1, 0.15) is 17.5 Å². The van der Waals surface area contributed by atoms with Crippen molar-refractivity contribution in [3.05, 3.63) is 30.2 Å². The minimum atomic E-state index is -0.0806. The molecule has 1 saturated carbocycles. The first-order valence-corrected chi connectivity index (χ1v) is 9.52. The van der Waals surface area contributed by atoms with Crippen molar-refractivity contribution in [2.24, 2.45) is 0 Å². The average Bonchev–Trinajstić information content (AvgIpc) is 3.54. The Labute approximate surface area is 159 Å². The molecule has 8 heteroatoms. The SMILES string of the molecule is C[C@@H](CO)Nc1cc(N2CCOCC2)cc(Nc2cnc(C3CC3)cn2)n1. The van der Waals surface area contributed by atoms with Gasteiger partial charge in [-0.15, -0.1) is 0 Å². The van der Waals surface area contributed by atoms with E-state index in [1.165, 1.54) is 12.8 Å². The molecule has 8 nitrogen and oxygen atoms in total. The minimum Gasteiger partial charge on any atom is -0.394 e. The zero-order valence-corrected chi connectivity index (χ0v) is 15.6. The summed E-state index contributed by atoms with van der Waals surface area (Å²) in [6.45, 7) is 5.07. The van der Waals surface area contributed by atoms with Gasteiger partial charge in [0, 0.05) is 42.9 Å². The fourth-order valence-corrected chi connectivity index (χ4v) is 3.08. The third-order valence-electron chi connectivity index (χ3n) is 4.78. The lowest BCUT2D eigenvalue weighted by Crippen LogP contribution is -2.36. The summed E-state index contributed by atoms with van der Waals surface area (Å²) in [7, 11) is 0. The van der Waals surface area contributed by atoms with E-state index in [0.29, 0.717) is 23.4 Å². The zero-order chi connectivity index (χ0) is 18.6. The molecule has 2 aromatic heterocycles. The standard InChI is InChI=1S/C19H26N6O2/c1-13(12-26)22-17-8-15(25-4-6-27-7-5-25)9-18(23-17)24-19-11-20-16(10-21-19)14-2-3-14/h8-11,13-14,26H,2-7,12H2,1H3,(H2,21,22,23,24)/t13-/m0/s1. The highest BCUT2D eigenvalue weighted by Gasteiger charge is 2.25. The van der Waals surface area contributed by atoms with Gasteiger partial charge >= 0.3 is 0 Å². The number of aliphatic hydroxyl groups excluding tert-OH is 1. The van der Waals surface area contributed by atoms with Gasteiger partial charge in [-0.25, -0.2) is 9.97 Å². The van der Waals surface area contributed by atoms with Crippen molar-refractivity contribution in [2.45, 2.75) is 31.7 Å². The molecule has 0 bridgehead atoms. The third kappa shape index (κ3) is 4.64. The predicted octanol–water partition coefficient (Wildman–Crippen LogP) is 2.12. The monoisotopic (exact) mass is 370 g/mol. The largest absolute Gasteiger partial charge is 0.394 e. The molecular formula is C19H26N6O2. The first kappa shape index (κ1) is 17.9. The van der Waals surface area contributed by atoms with Gasteiger partial charge in [-0.3, -0.25) is 4.98 Å². The number of aliphatic hydroxyl groups is 1. The van der Waals surface area contributed by atoms with Crippen molar-refractivity contribution in [1.29, 1.82) is 0 Å². The van der Waals surface area contributed by atoms with Crippen LogP contribution in [-0.2, 0) is 4.74 Å². The van der Waals surface area contributed by atoms with E-state index in [9.17, 15) is 5.11 Å². The third-order valence-corrected chi connectivity index (χ3v) is 4.78. The van der Waals surface area contributed by atoms with Crippen LogP contribution in [0.25, 0.3) is 0 Å². The normalized spacial score (nSPS) is 18.2. The van der Waals surface area contributed by atoms with Crippen LogP contribution in [0.15, 0.2) is 24.5 Å². The second-order valence-corrected chi connectivity index (χ2v) is 7.15. The van der Waals surface area contributed by atoms with Gasteiger partial charge in [-0.2, -0.15) is 0 Å². The van der Waals surface area contributed by atoms with Crippen molar-refractivity contribution in [1.82, 2.24) is 15.0 Å². The molecule has 0 radical (unpaired) electrons. The molecule has 0 aromatic carbocycles. The first-order valence-electron chi connectivity index (χ1n) is 9.52. The Balaban J connectivity index is 1.56. The number of anilines is 4.